The minimum absolute atomic E-state index is 0.265. The molecule has 128 valence electrons. The lowest BCUT2D eigenvalue weighted by atomic mass is 10.0. The largest absolute Gasteiger partial charge is 0.393 e. The topological polar surface area (TPSA) is 89.2 Å². The predicted molar refractivity (Wildman–Crippen MR) is 98.5 cm³/mol. The van der Waals surface area contributed by atoms with E-state index < -0.39 is 0 Å². The summed E-state index contributed by atoms with van der Waals surface area (Å²) in [5.74, 6) is -0.286. The van der Waals surface area contributed by atoms with Gasteiger partial charge in [0.1, 0.15) is 6.07 Å². The Labute approximate surface area is 154 Å². The van der Waals surface area contributed by atoms with Crippen molar-refractivity contribution in [2.24, 2.45) is 0 Å². The lowest BCUT2D eigenvalue weighted by Crippen LogP contribution is -2.36. The van der Waals surface area contributed by atoms with Crippen LogP contribution in [0.4, 0.5) is 11.4 Å². The van der Waals surface area contributed by atoms with Crippen LogP contribution in [0.2, 0.25) is 0 Å². The highest BCUT2D eigenvalue weighted by atomic mass is 79.9. The normalized spacial score (nSPS) is 14.8. The first-order valence-corrected chi connectivity index (χ1v) is 8.75. The molecule has 25 heavy (non-hydrogen) atoms. The molecule has 0 spiro atoms. The van der Waals surface area contributed by atoms with Gasteiger partial charge in [-0.1, -0.05) is 0 Å². The van der Waals surface area contributed by atoms with Crippen molar-refractivity contribution >= 4 is 33.2 Å². The summed E-state index contributed by atoms with van der Waals surface area (Å²) in [4.78, 5) is 18.4. The van der Waals surface area contributed by atoms with Crippen molar-refractivity contribution in [3.05, 3.63) is 52.3 Å². The van der Waals surface area contributed by atoms with Crippen molar-refractivity contribution in [2.45, 2.75) is 18.9 Å². The van der Waals surface area contributed by atoms with Crippen LogP contribution in [0.5, 0.6) is 0 Å². The third kappa shape index (κ3) is 4.16. The number of aliphatic hydroxyl groups is 1. The van der Waals surface area contributed by atoms with E-state index in [0.717, 1.165) is 10.2 Å². The molecule has 6 nitrogen and oxygen atoms in total. The summed E-state index contributed by atoms with van der Waals surface area (Å²) >= 11 is 3.29. The Bertz CT molecular complexity index is 826. The highest BCUT2D eigenvalue weighted by molar-refractivity contribution is 9.10. The zero-order chi connectivity index (χ0) is 17.8. The third-order valence-corrected chi connectivity index (χ3v) is 4.58. The van der Waals surface area contributed by atoms with E-state index in [4.69, 9.17) is 0 Å². The van der Waals surface area contributed by atoms with E-state index in [-0.39, 0.29) is 12.0 Å². The molecular weight excluding hydrogens is 384 g/mol. The predicted octanol–water partition coefficient (Wildman–Crippen LogP) is 2.93. The summed E-state index contributed by atoms with van der Waals surface area (Å²) in [5.41, 5.74) is 2.32. The number of hydrogen-bond acceptors (Lipinski definition) is 5. The van der Waals surface area contributed by atoms with Gasteiger partial charge >= 0.3 is 0 Å². The fourth-order valence-corrected chi connectivity index (χ4v) is 3.19. The molecule has 1 saturated heterocycles. The zero-order valence-corrected chi connectivity index (χ0v) is 15.0. The van der Waals surface area contributed by atoms with Crippen molar-refractivity contribution in [3.63, 3.8) is 0 Å². The lowest BCUT2D eigenvalue weighted by molar-refractivity contribution is 0.102. The van der Waals surface area contributed by atoms with E-state index >= 15 is 0 Å². The fraction of sp³-hybridized carbons (Fsp3) is 0.278. The van der Waals surface area contributed by atoms with Gasteiger partial charge in [0.15, 0.2) is 0 Å². The molecule has 0 aliphatic carbocycles. The van der Waals surface area contributed by atoms with Crippen molar-refractivity contribution < 1.29 is 9.90 Å². The summed E-state index contributed by atoms with van der Waals surface area (Å²) < 4.78 is 0.723. The first-order chi connectivity index (χ1) is 12.1. The SMILES string of the molecule is N#Cc1cc(NC(=O)c2cncc(Br)c2)ccc1N1CCC(O)CC1. The molecule has 0 saturated carbocycles. The quantitative estimate of drug-likeness (QED) is 0.826. The number of aliphatic hydroxyl groups excluding tert-OH is 1. The minimum atomic E-state index is -0.286. The first kappa shape index (κ1) is 17.4. The van der Waals surface area contributed by atoms with Gasteiger partial charge in [0.2, 0.25) is 0 Å². The molecule has 1 fully saturated rings. The van der Waals surface area contributed by atoms with E-state index in [2.05, 4.69) is 37.2 Å². The molecule has 0 unspecified atom stereocenters. The van der Waals surface area contributed by atoms with Crippen LogP contribution in [0.15, 0.2) is 41.1 Å². The fourth-order valence-electron chi connectivity index (χ4n) is 2.83. The number of piperidine rings is 1. The van der Waals surface area contributed by atoms with Crippen molar-refractivity contribution in [1.82, 2.24) is 4.98 Å². The monoisotopic (exact) mass is 400 g/mol. The molecule has 0 radical (unpaired) electrons. The van der Waals surface area contributed by atoms with Crippen LogP contribution in [0.3, 0.4) is 0 Å². The molecule has 2 heterocycles. The molecule has 0 atom stereocenters. The Balaban J connectivity index is 1.77. The van der Waals surface area contributed by atoms with Crippen molar-refractivity contribution in [1.29, 1.82) is 5.26 Å². The number of benzene rings is 1. The van der Waals surface area contributed by atoms with Crippen LogP contribution in [-0.2, 0) is 0 Å². The molecule has 1 aromatic heterocycles. The molecular formula is C18H17BrN4O2. The van der Waals surface area contributed by atoms with E-state index in [1.807, 2.05) is 6.07 Å². The molecule has 2 aromatic rings. The van der Waals surface area contributed by atoms with Gasteiger partial charge < -0.3 is 15.3 Å². The average Bonchev–Trinajstić information content (AvgIpc) is 2.62. The van der Waals surface area contributed by atoms with Crippen LogP contribution < -0.4 is 10.2 Å². The average molecular weight is 401 g/mol. The number of halogens is 1. The Kier molecular flexibility index (Phi) is 5.31. The standard InChI is InChI=1S/C18H17BrN4O2/c19-14-7-13(10-21-11-14)18(25)22-15-1-2-17(12(8-15)9-20)23-5-3-16(24)4-6-23/h1-2,7-8,10-11,16,24H,3-6H2,(H,22,25). The van der Waals surface area contributed by atoms with Gasteiger partial charge in [-0.15, -0.1) is 0 Å². The first-order valence-electron chi connectivity index (χ1n) is 7.96. The highest BCUT2D eigenvalue weighted by Crippen LogP contribution is 2.27. The Morgan fingerprint density at radius 1 is 1.32 bits per heavy atom. The number of rotatable bonds is 3. The maximum Gasteiger partial charge on any atom is 0.257 e. The maximum absolute atomic E-state index is 12.3. The van der Waals surface area contributed by atoms with Crippen LogP contribution in [0, 0.1) is 11.3 Å². The molecule has 1 aromatic carbocycles. The number of nitrogens with zero attached hydrogens (tertiary/aromatic N) is 3. The number of anilines is 2. The summed E-state index contributed by atoms with van der Waals surface area (Å²) in [6, 6.07) is 9.16. The summed E-state index contributed by atoms with van der Waals surface area (Å²) in [5, 5.41) is 21.9. The van der Waals surface area contributed by atoms with Crippen LogP contribution in [-0.4, -0.2) is 35.2 Å². The van der Waals surface area contributed by atoms with Gasteiger partial charge in [-0.2, -0.15) is 5.26 Å². The number of carbonyl (C=O) groups is 1. The number of carbonyl (C=O) groups excluding carboxylic acids is 1. The second kappa shape index (κ2) is 7.64. The second-order valence-corrected chi connectivity index (χ2v) is 6.82. The summed E-state index contributed by atoms with van der Waals surface area (Å²) in [6.45, 7) is 1.43. The van der Waals surface area contributed by atoms with Gasteiger partial charge in [-0.05, 0) is 53.0 Å². The lowest BCUT2D eigenvalue weighted by Gasteiger charge is -2.32. The Morgan fingerprint density at radius 2 is 2.08 bits per heavy atom. The van der Waals surface area contributed by atoms with E-state index in [1.165, 1.54) is 6.20 Å². The number of nitrogens with one attached hydrogen (secondary N) is 1. The van der Waals surface area contributed by atoms with Crippen LogP contribution in [0.1, 0.15) is 28.8 Å². The Hall–Kier alpha value is -2.43. The molecule has 1 amide bonds. The highest BCUT2D eigenvalue weighted by Gasteiger charge is 2.20. The van der Waals surface area contributed by atoms with E-state index in [1.54, 1.807) is 24.4 Å². The van der Waals surface area contributed by atoms with Gasteiger partial charge in [0.25, 0.3) is 5.91 Å². The number of pyridine rings is 1. The molecule has 1 aliphatic heterocycles. The maximum atomic E-state index is 12.3. The van der Waals surface area contributed by atoms with Gasteiger partial charge in [0, 0.05) is 35.6 Å². The molecule has 1 aliphatic rings. The number of aromatic nitrogens is 1. The van der Waals surface area contributed by atoms with E-state index in [9.17, 15) is 15.2 Å². The smallest absolute Gasteiger partial charge is 0.257 e. The number of hydrogen-bond donors (Lipinski definition) is 2. The van der Waals surface area contributed by atoms with Crippen LogP contribution >= 0.6 is 15.9 Å². The van der Waals surface area contributed by atoms with Crippen molar-refractivity contribution in [3.8, 4) is 6.07 Å². The second-order valence-electron chi connectivity index (χ2n) is 5.91. The van der Waals surface area contributed by atoms with Gasteiger partial charge in [-0.3, -0.25) is 9.78 Å². The minimum Gasteiger partial charge on any atom is -0.393 e. The number of nitriles is 1. The zero-order valence-electron chi connectivity index (χ0n) is 13.4. The number of amides is 1. The molecule has 3 rings (SSSR count). The van der Waals surface area contributed by atoms with Gasteiger partial charge in [-0.25, -0.2) is 0 Å². The van der Waals surface area contributed by atoms with E-state index in [0.29, 0.717) is 42.7 Å². The summed E-state index contributed by atoms with van der Waals surface area (Å²) in [7, 11) is 0. The molecule has 2 N–H and O–H groups in total. The van der Waals surface area contributed by atoms with Gasteiger partial charge in [0.05, 0.1) is 22.9 Å². The molecule has 7 heteroatoms. The molecule has 0 bridgehead atoms. The van der Waals surface area contributed by atoms with Crippen LogP contribution in [0.25, 0.3) is 0 Å². The Morgan fingerprint density at radius 3 is 2.76 bits per heavy atom. The summed E-state index contributed by atoms with van der Waals surface area (Å²) in [6.07, 6.45) is 4.21. The third-order valence-electron chi connectivity index (χ3n) is 4.15. The van der Waals surface area contributed by atoms with Crippen molar-refractivity contribution in [2.75, 3.05) is 23.3 Å².